The lowest BCUT2D eigenvalue weighted by Gasteiger charge is -2.28. The molecule has 50 heavy (non-hydrogen) atoms. The zero-order valence-corrected chi connectivity index (χ0v) is 28.5. The Morgan fingerprint density at radius 2 is 1.18 bits per heavy atom. The maximum absolute atomic E-state index is 6.35. The van der Waals surface area contributed by atoms with E-state index in [1.165, 1.54) is 22.3 Å². The number of furan rings is 1. The van der Waals surface area contributed by atoms with Crippen LogP contribution >= 0.6 is 11.3 Å². The van der Waals surface area contributed by atoms with Crippen LogP contribution in [0.1, 0.15) is 25.0 Å². The highest BCUT2D eigenvalue weighted by Gasteiger charge is 2.35. The number of para-hydroxylation sites is 1. The van der Waals surface area contributed by atoms with E-state index >= 15 is 0 Å². The summed E-state index contributed by atoms with van der Waals surface area (Å²) in [6, 6.07) is 56.5. The molecule has 1 aliphatic rings. The molecule has 0 bridgehead atoms. The molecule has 4 heteroatoms. The van der Waals surface area contributed by atoms with E-state index < -0.39 is 0 Å². The minimum Gasteiger partial charge on any atom is -0.456 e. The zero-order chi connectivity index (χ0) is 33.4. The molecule has 2 heterocycles. The van der Waals surface area contributed by atoms with Gasteiger partial charge in [-0.3, -0.25) is 0 Å². The standard InChI is InChI=1S/C46H32N2OS/c1-46(2)39-16-10-9-15-35(39)36-23-22-34(26-40(36)46)48(32-13-7-4-8-14-32)33-20-17-29(18-21-33)31-19-24-42-37(25-31)38-27-41-44(28-43(38)49-42)50-45(47-41)30-11-5-3-6-12-30/h3-28H,1-2H3. The van der Waals surface area contributed by atoms with Crippen LogP contribution in [0, 0.1) is 0 Å². The highest BCUT2D eigenvalue weighted by atomic mass is 32.1. The number of hydrogen-bond acceptors (Lipinski definition) is 4. The van der Waals surface area contributed by atoms with Gasteiger partial charge in [-0.2, -0.15) is 0 Å². The Kier molecular flexibility index (Phi) is 6.39. The molecular formula is C46H32N2OS. The van der Waals surface area contributed by atoms with Gasteiger partial charge in [-0.15, -0.1) is 11.3 Å². The minimum absolute atomic E-state index is 0.0699. The maximum atomic E-state index is 6.35. The average Bonchev–Trinajstić information content (AvgIpc) is 3.81. The topological polar surface area (TPSA) is 29.3 Å². The molecule has 7 aromatic carbocycles. The first kappa shape index (κ1) is 29.0. The summed E-state index contributed by atoms with van der Waals surface area (Å²) in [6.07, 6.45) is 0. The second kappa shape index (κ2) is 11.0. The molecule has 0 fully saturated rings. The summed E-state index contributed by atoms with van der Waals surface area (Å²) in [5.41, 5.74) is 15.0. The number of benzene rings is 7. The molecule has 0 amide bonds. The molecule has 0 saturated carbocycles. The third kappa shape index (κ3) is 4.53. The van der Waals surface area contributed by atoms with Crippen LogP contribution in [-0.4, -0.2) is 4.98 Å². The van der Waals surface area contributed by atoms with E-state index in [0.29, 0.717) is 0 Å². The summed E-state index contributed by atoms with van der Waals surface area (Å²) in [6.45, 7) is 4.68. The van der Waals surface area contributed by atoms with E-state index in [9.17, 15) is 0 Å². The third-order valence-electron chi connectivity index (χ3n) is 10.3. The van der Waals surface area contributed by atoms with Crippen molar-refractivity contribution < 1.29 is 4.42 Å². The fraction of sp³-hybridized carbons (Fsp3) is 0.0652. The highest BCUT2D eigenvalue weighted by molar-refractivity contribution is 7.21. The molecule has 3 nitrogen and oxygen atoms in total. The van der Waals surface area contributed by atoms with Crippen LogP contribution in [0.25, 0.3) is 65.0 Å². The van der Waals surface area contributed by atoms with Gasteiger partial charge in [-0.25, -0.2) is 4.98 Å². The Morgan fingerprint density at radius 1 is 0.520 bits per heavy atom. The van der Waals surface area contributed by atoms with E-state index in [0.717, 1.165) is 70.9 Å². The molecule has 0 aliphatic heterocycles. The van der Waals surface area contributed by atoms with Crippen LogP contribution in [0.5, 0.6) is 0 Å². The molecule has 0 unspecified atom stereocenters. The summed E-state index contributed by atoms with van der Waals surface area (Å²) in [5, 5.41) is 3.22. The second-order valence-electron chi connectivity index (χ2n) is 13.6. The summed E-state index contributed by atoms with van der Waals surface area (Å²) in [4.78, 5) is 7.35. The molecule has 0 N–H and O–H groups in total. The van der Waals surface area contributed by atoms with Crippen LogP contribution in [0.3, 0.4) is 0 Å². The Morgan fingerprint density at radius 3 is 2.00 bits per heavy atom. The normalized spacial score (nSPS) is 13.2. The van der Waals surface area contributed by atoms with E-state index in [2.05, 4.69) is 170 Å². The third-order valence-corrected chi connectivity index (χ3v) is 11.4. The first-order chi connectivity index (χ1) is 24.5. The molecule has 2 aromatic heterocycles. The van der Waals surface area contributed by atoms with Gasteiger partial charge in [0.25, 0.3) is 0 Å². The molecular weight excluding hydrogens is 629 g/mol. The molecule has 1 aliphatic carbocycles. The summed E-state index contributed by atoms with van der Waals surface area (Å²) >= 11 is 1.70. The Hall–Kier alpha value is -5.97. The van der Waals surface area contributed by atoms with Crippen molar-refractivity contribution in [3.05, 3.63) is 169 Å². The van der Waals surface area contributed by atoms with Crippen LogP contribution in [-0.2, 0) is 5.41 Å². The van der Waals surface area contributed by atoms with Crippen molar-refractivity contribution in [3.63, 3.8) is 0 Å². The van der Waals surface area contributed by atoms with Crippen LogP contribution in [0.4, 0.5) is 17.1 Å². The molecule has 10 rings (SSSR count). The lowest BCUT2D eigenvalue weighted by molar-refractivity contribution is 0.660. The molecule has 9 aromatic rings. The molecule has 0 spiro atoms. The number of anilines is 3. The largest absolute Gasteiger partial charge is 0.456 e. The van der Waals surface area contributed by atoms with Crippen molar-refractivity contribution in [2.75, 3.05) is 4.90 Å². The summed E-state index contributed by atoms with van der Waals surface area (Å²) in [5.74, 6) is 0. The first-order valence-electron chi connectivity index (χ1n) is 17.0. The summed E-state index contributed by atoms with van der Waals surface area (Å²) < 4.78 is 7.48. The van der Waals surface area contributed by atoms with Gasteiger partial charge in [0.15, 0.2) is 0 Å². The number of aromatic nitrogens is 1. The average molecular weight is 661 g/mol. The number of rotatable bonds is 5. The smallest absolute Gasteiger partial charge is 0.136 e. The van der Waals surface area contributed by atoms with Crippen molar-refractivity contribution in [1.29, 1.82) is 0 Å². The van der Waals surface area contributed by atoms with Gasteiger partial charge >= 0.3 is 0 Å². The highest BCUT2D eigenvalue weighted by Crippen LogP contribution is 2.50. The van der Waals surface area contributed by atoms with Gasteiger partial charge in [0, 0.05) is 44.9 Å². The van der Waals surface area contributed by atoms with Gasteiger partial charge in [0.1, 0.15) is 16.2 Å². The van der Waals surface area contributed by atoms with Gasteiger partial charge in [-0.1, -0.05) is 111 Å². The lowest BCUT2D eigenvalue weighted by Crippen LogP contribution is -2.16. The van der Waals surface area contributed by atoms with Gasteiger partial charge in [-0.05, 0) is 88.0 Å². The van der Waals surface area contributed by atoms with E-state index in [1.807, 2.05) is 6.07 Å². The number of fused-ring (bicyclic) bond motifs is 7. The molecule has 0 radical (unpaired) electrons. The van der Waals surface area contributed by atoms with Crippen molar-refractivity contribution in [1.82, 2.24) is 4.98 Å². The van der Waals surface area contributed by atoms with Crippen molar-refractivity contribution in [3.8, 4) is 32.8 Å². The number of nitrogens with zero attached hydrogens (tertiary/aromatic N) is 2. The summed E-state index contributed by atoms with van der Waals surface area (Å²) in [7, 11) is 0. The van der Waals surface area contributed by atoms with Gasteiger partial charge < -0.3 is 9.32 Å². The van der Waals surface area contributed by atoms with Crippen molar-refractivity contribution in [2.45, 2.75) is 19.3 Å². The van der Waals surface area contributed by atoms with Gasteiger partial charge in [0.2, 0.25) is 0 Å². The van der Waals surface area contributed by atoms with Crippen LogP contribution in [0.2, 0.25) is 0 Å². The quantitative estimate of drug-likeness (QED) is 0.184. The zero-order valence-electron chi connectivity index (χ0n) is 27.7. The van der Waals surface area contributed by atoms with E-state index in [1.54, 1.807) is 11.3 Å². The van der Waals surface area contributed by atoms with Crippen molar-refractivity contribution in [2.24, 2.45) is 0 Å². The predicted octanol–water partition coefficient (Wildman–Crippen LogP) is 13.3. The Labute approximate surface area is 294 Å². The molecule has 0 saturated heterocycles. The van der Waals surface area contributed by atoms with E-state index in [4.69, 9.17) is 9.40 Å². The fourth-order valence-corrected chi connectivity index (χ4v) is 8.72. The molecule has 0 atom stereocenters. The predicted molar refractivity (Wildman–Crippen MR) is 210 cm³/mol. The number of thiazole rings is 1. The van der Waals surface area contributed by atoms with Crippen LogP contribution in [0.15, 0.2) is 162 Å². The second-order valence-corrected chi connectivity index (χ2v) is 14.7. The Balaban J connectivity index is 1.03. The first-order valence-corrected chi connectivity index (χ1v) is 17.9. The van der Waals surface area contributed by atoms with Gasteiger partial charge in [0.05, 0.1) is 10.2 Å². The lowest BCUT2D eigenvalue weighted by atomic mass is 9.82. The minimum atomic E-state index is -0.0699. The Bertz CT molecular complexity index is 2720. The van der Waals surface area contributed by atoms with Crippen LogP contribution < -0.4 is 4.90 Å². The maximum Gasteiger partial charge on any atom is 0.136 e. The fourth-order valence-electron chi connectivity index (χ4n) is 7.74. The SMILES string of the molecule is CC1(C)c2ccccc2-c2ccc(N(c3ccccc3)c3ccc(-c4ccc5oc6cc7sc(-c8ccccc8)nc7cc6c5c4)cc3)cc21. The molecule has 238 valence electrons. The monoisotopic (exact) mass is 660 g/mol. The van der Waals surface area contributed by atoms with Crippen molar-refractivity contribution >= 4 is 60.6 Å². The van der Waals surface area contributed by atoms with E-state index in [-0.39, 0.29) is 5.41 Å². The number of hydrogen-bond donors (Lipinski definition) is 0.